The molecular weight excluding hydrogens is 204 g/mol. The zero-order chi connectivity index (χ0) is 11.7. The number of carboxylic acid groups (broad SMARTS) is 1. The first-order valence-corrected chi connectivity index (χ1v) is 5.31. The topological polar surface area (TPSA) is 55.1 Å². The van der Waals surface area contributed by atoms with Gasteiger partial charge in [0, 0.05) is 11.9 Å². The molecule has 0 bridgehead atoms. The van der Waals surface area contributed by atoms with Crippen LogP contribution in [0.3, 0.4) is 0 Å². The molecule has 0 fully saturated rings. The highest BCUT2D eigenvalue weighted by molar-refractivity contribution is 5.82. The van der Waals surface area contributed by atoms with E-state index < -0.39 is 11.9 Å². The Morgan fingerprint density at radius 3 is 2.94 bits per heavy atom. The van der Waals surface area contributed by atoms with Gasteiger partial charge in [0.15, 0.2) is 0 Å². The highest BCUT2D eigenvalue weighted by atomic mass is 16.4. The molecule has 1 heterocycles. The molecule has 0 aliphatic carbocycles. The van der Waals surface area contributed by atoms with E-state index in [0.717, 1.165) is 23.0 Å². The Balaban J connectivity index is 2.49. The highest BCUT2D eigenvalue weighted by Gasteiger charge is 2.14. The smallest absolute Gasteiger partial charge is 0.310 e. The molecule has 1 atom stereocenters. The minimum atomic E-state index is -0.803. The van der Waals surface area contributed by atoms with E-state index in [1.54, 1.807) is 13.1 Å². The lowest BCUT2D eigenvalue weighted by atomic mass is 10.0. The van der Waals surface area contributed by atoms with Gasteiger partial charge in [-0.1, -0.05) is 6.07 Å². The fraction of sp³-hybridized carbons (Fsp3) is 0.333. The van der Waals surface area contributed by atoms with Crippen molar-refractivity contribution in [1.82, 2.24) is 9.78 Å². The quantitative estimate of drug-likeness (QED) is 0.859. The van der Waals surface area contributed by atoms with Crippen LogP contribution in [0.5, 0.6) is 0 Å². The third-order valence-electron chi connectivity index (χ3n) is 2.84. The zero-order valence-electron chi connectivity index (χ0n) is 9.34. The van der Waals surface area contributed by atoms with Crippen LogP contribution in [0, 0.1) is 0 Å². The van der Waals surface area contributed by atoms with E-state index in [2.05, 4.69) is 5.10 Å². The summed E-state index contributed by atoms with van der Waals surface area (Å²) in [6.07, 6.45) is 1.77. The number of nitrogens with zero attached hydrogens (tertiary/aromatic N) is 2. The van der Waals surface area contributed by atoms with Gasteiger partial charge in [0.2, 0.25) is 0 Å². The fourth-order valence-corrected chi connectivity index (χ4v) is 1.77. The minimum Gasteiger partial charge on any atom is -0.481 e. The fourth-order valence-electron chi connectivity index (χ4n) is 1.77. The van der Waals surface area contributed by atoms with Crippen LogP contribution in [0.15, 0.2) is 24.4 Å². The second-order valence-electron chi connectivity index (χ2n) is 3.84. The summed E-state index contributed by atoms with van der Waals surface area (Å²) >= 11 is 0. The molecule has 1 N–H and O–H groups in total. The number of fused-ring (bicyclic) bond motifs is 1. The number of aromatic nitrogens is 2. The standard InChI is InChI=1S/C12H14N2O2/c1-3-14-11-5-4-9(8(2)12(15)16)6-10(11)7-13-14/h4-8H,3H2,1-2H3,(H,15,16). The molecule has 0 saturated carbocycles. The van der Waals surface area contributed by atoms with E-state index in [-0.39, 0.29) is 0 Å². The van der Waals surface area contributed by atoms with Crippen molar-refractivity contribution in [2.45, 2.75) is 26.3 Å². The Kier molecular flexibility index (Phi) is 2.64. The minimum absolute atomic E-state index is 0.477. The summed E-state index contributed by atoms with van der Waals surface area (Å²) < 4.78 is 1.89. The van der Waals surface area contributed by atoms with E-state index in [0.29, 0.717) is 0 Å². The molecule has 4 heteroatoms. The molecule has 16 heavy (non-hydrogen) atoms. The Labute approximate surface area is 93.5 Å². The van der Waals surface area contributed by atoms with Gasteiger partial charge >= 0.3 is 5.97 Å². The van der Waals surface area contributed by atoms with E-state index >= 15 is 0 Å². The first-order valence-electron chi connectivity index (χ1n) is 5.31. The summed E-state index contributed by atoms with van der Waals surface area (Å²) in [5.74, 6) is -1.28. The SMILES string of the molecule is CCn1ncc2cc(C(C)C(=O)O)ccc21. The summed E-state index contributed by atoms with van der Waals surface area (Å²) in [6, 6.07) is 5.68. The van der Waals surface area contributed by atoms with Gasteiger partial charge in [-0.05, 0) is 31.5 Å². The van der Waals surface area contributed by atoms with Crippen LogP contribution in [-0.4, -0.2) is 20.9 Å². The van der Waals surface area contributed by atoms with Gasteiger partial charge in [-0.3, -0.25) is 9.48 Å². The molecule has 0 saturated heterocycles. The van der Waals surface area contributed by atoms with Gasteiger partial charge in [0.1, 0.15) is 0 Å². The summed E-state index contributed by atoms with van der Waals surface area (Å²) in [4.78, 5) is 10.9. The van der Waals surface area contributed by atoms with E-state index in [1.807, 2.05) is 29.8 Å². The van der Waals surface area contributed by atoms with Crippen molar-refractivity contribution >= 4 is 16.9 Å². The van der Waals surface area contributed by atoms with Crippen LogP contribution >= 0.6 is 0 Å². The lowest BCUT2D eigenvalue weighted by molar-refractivity contribution is -0.138. The normalized spacial score (nSPS) is 12.9. The maximum absolute atomic E-state index is 10.9. The number of carboxylic acids is 1. The monoisotopic (exact) mass is 218 g/mol. The van der Waals surface area contributed by atoms with Gasteiger partial charge in [-0.2, -0.15) is 5.10 Å². The predicted octanol–water partition coefficient (Wildman–Crippen LogP) is 2.24. The highest BCUT2D eigenvalue weighted by Crippen LogP contribution is 2.21. The van der Waals surface area contributed by atoms with Crippen LogP contribution in [0.2, 0.25) is 0 Å². The van der Waals surface area contributed by atoms with E-state index in [1.165, 1.54) is 0 Å². The van der Waals surface area contributed by atoms with Crippen molar-refractivity contribution in [3.05, 3.63) is 30.0 Å². The largest absolute Gasteiger partial charge is 0.481 e. The number of aliphatic carboxylic acids is 1. The number of hydrogen-bond donors (Lipinski definition) is 1. The lowest BCUT2D eigenvalue weighted by Gasteiger charge is -2.06. The molecule has 1 unspecified atom stereocenters. The van der Waals surface area contributed by atoms with Gasteiger partial charge in [0.05, 0.1) is 17.6 Å². The Morgan fingerprint density at radius 2 is 2.31 bits per heavy atom. The van der Waals surface area contributed by atoms with E-state index in [9.17, 15) is 4.79 Å². The van der Waals surface area contributed by atoms with Crippen LogP contribution in [-0.2, 0) is 11.3 Å². The maximum atomic E-state index is 10.9. The molecule has 0 aliphatic heterocycles. The molecular formula is C12H14N2O2. The molecule has 2 aromatic rings. The molecule has 1 aromatic carbocycles. The van der Waals surface area contributed by atoms with Crippen LogP contribution in [0.1, 0.15) is 25.3 Å². The number of benzene rings is 1. The predicted molar refractivity (Wildman–Crippen MR) is 61.5 cm³/mol. The van der Waals surface area contributed by atoms with Crippen LogP contribution < -0.4 is 0 Å². The van der Waals surface area contributed by atoms with Crippen LogP contribution in [0.25, 0.3) is 10.9 Å². The third kappa shape index (κ3) is 1.66. The van der Waals surface area contributed by atoms with Gasteiger partial charge in [-0.15, -0.1) is 0 Å². The molecule has 0 aliphatic rings. The average molecular weight is 218 g/mol. The Bertz CT molecular complexity index is 531. The van der Waals surface area contributed by atoms with Crippen molar-refractivity contribution in [1.29, 1.82) is 0 Å². The van der Waals surface area contributed by atoms with Crippen molar-refractivity contribution < 1.29 is 9.90 Å². The van der Waals surface area contributed by atoms with Crippen molar-refractivity contribution in [2.24, 2.45) is 0 Å². The van der Waals surface area contributed by atoms with E-state index in [4.69, 9.17) is 5.11 Å². The van der Waals surface area contributed by atoms with Crippen molar-refractivity contribution in [2.75, 3.05) is 0 Å². The maximum Gasteiger partial charge on any atom is 0.310 e. The van der Waals surface area contributed by atoms with Crippen molar-refractivity contribution in [3.8, 4) is 0 Å². The molecule has 84 valence electrons. The number of hydrogen-bond acceptors (Lipinski definition) is 2. The van der Waals surface area contributed by atoms with Crippen LogP contribution in [0.4, 0.5) is 0 Å². The summed E-state index contributed by atoms with van der Waals surface area (Å²) in [6.45, 7) is 4.53. The Hall–Kier alpha value is -1.84. The number of carbonyl (C=O) groups is 1. The molecule has 2 rings (SSSR count). The third-order valence-corrected chi connectivity index (χ3v) is 2.84. The van der Waals surface area contributed by atoms with Gasteiger partial charge in [-0.25, -0.2) is 0 Å². The molecule has 1 aromatic heterocycles. The lowest BCUT2D eigenvalue weighted by Crippen LogP contribution is -2.07. The molecule has 4 nitrogen and oxygen atoms in total. The molecule has 0 spiro atoms. The molecule has 0 amide bonds. The second-order valence-corrected chi connectivity index (χ2v) is 3.84. The second kappa shape index (κ2) is 3.96. The van der Waals surface area contributed by atoms with Crippen molar-refractivity contribution in [3.63, 3.8) is 0 Å². The summed E-state index contributed by atoms with van der Waals surface area (Å²) in [5.41, 5.74) is 1.86. The molecule has 0 radical (unpaired) electrons. The van der Waals surface area contributed by atoms with Gasteiger partial charge < -0.3 is 5.11 Å². The summed E-state index contributed by atoms with van der Waals surface area (Å²) in [5, 5.41) is 14.2. The average Bonchev–Trinajstić information content (AvgIpc) is 2.69. The zero-order valence-corrected chi connectivity index (χ0v) is 9.34. The summed E-state index contributed by atoms with van der Waals surface area (Å²) in [7, 11) is 0. The first kappa shape index (κ1) is 10.7. The number of aryl methyl sites for hydroxylation is 1. The van der Waals surface area contributed by atoms with Gasteiger partial charge in [0.25, 0.3) is 0 Å². The Morgan fingerprint density at radius 1 is 1.56 bits per heavy atom. The number of rotatable bonds is 3. The first-order chi connectivity index (χ1) is 7.63.